The van der Waals surface area contributed by atoms with E-state index >= 15 is 0 Å². The second-order valence-electron chi connectivity index (χ2n) is 4.12. The van der Waals surface area contributed by atoms with E-state index in [0.717, 1.165) is 11.3 Å². The van der Waals surface area contributed by atoms with Crippen molar-refractivity contribution in [2.24, 2.45) is 0 Å². The number of rotatable bonds is 6. The molecule has 1 amide bonds. The number of carboxylic acids is 1. The number of anilines is 1. The van der Waals surface area contributed by atoms with E-state index in [1.807, 2.05) is 13.8 Å². The average molecular weight is 285 g/mol. The molecule has 19 heavy (non-hydrogen) atoms. The zero-order chi connectivity index (χ0) is 14.6. The molecule has 1 rings (SSSR count). The van der Waals surface area contributed by atoms with Crippen molar-refractivity contribution < 1.29 is 14.7 Å². The number of aromatic nitrogens is 1. The first kappa shape index (κ1) is 15.4. The number of carbonyl (C=O) groups excluding carboxylic acids is 1. The summed E-state index contributed by atoms with van der Waals surface area (Å²) >= 11 is 1.05. The number of carbonyl (C=O) groups is 2. The Balaban J connectivity index is 2.77. The zero-order valence-electron chi connectivity index (χ0n) is 11.6. The van der Waals surface area contributed by atoms with Crippen LogP contribution in [-0.2, 0) is 4.79 Å². The standard InChI is InChI=1S/C12H19N3O3S/c1-5-15(6-2)10(16)8(4)14-12-13-7(3)9(19-12)11(17)18/h8H,5-6H2,1-4H3,(H,13,14)(H,17,18). The summed E-state index contributed by atoms with van der Waals surface area (Å²) in [5.41, 5.74) is 0.461. The summed E-state index contributed by atoms with van der Waals surface area (Å²) < 4.78 is 0. The molecule has 1 aromatic rings. The van der Waals surface area contributed by atoms with Crippen LogP contribution in [0.3, 0.4) is 0 Å². The third-order valence-corrected chi connectivity index (χ3v) is 3.85. The number of nitrogens with one attached hydrogen (secondary N) is 1. The molecular weight excluding hydrogens is 266 g/mol. The van der Waals surface area contributed by atoms with Gasteiger partial charge in [0.1, 0.15) is 10.9 Å². The summed E-state index contributed by atoms with van der Waals surface area (Å²) in [6.07, 6.45) is 0. The lowest BCUT2D eigenvalue weighted by Gasteiger charge is -2.23. The fourth-order valence-electron chi connectivity index (χ4n) is 1.71. The Labute approximate surface area is 116 Å². The van der Waals surface area contributed by atoms with Gasteiger partial charge in [0.2, 0.25) is 5.91 Å². The van der Waals surface area contributed by atoms with Crippen LogP contribution >= 0.6 is 11.3 Å². The minimum atomic E-state index is -0.995. The average Bonchev–Trinajstić information content (AvgIpc) is 2.71. The van der Waals surface area contributed by atoms with Gasteiger partial charge in [0.15, 0.2) is 5.13 Å². The number of carboxylic acid groups (broad SMARTS) is 1. The summed E-state index contributed by atoms with van der Waals surface area (Å²) in [4.78, 5) is 29.0. The molecule has 7 heteroatoms. The molecule has 0 aliphatic carbocycles. The van der Waals surface area contributed by atoms with Crippen LogP contribution in [-0.4, -0.2) is 46.0 Å². The van der Waals surface area contributed by atoms with Crippen LogP contribution in [0.2, 0.25) is 0 Å². The van der Waals surface area contributed by atoms with Crippen molar-refractivity contribution >= 4 is 28.3 Å². The molecular formula is C12H19N3O3S. The molecule has 106 valence electrons. The van der Waals surface area contributed by atoms with Gasteiger partial charge in [-0.05, 0) is 27.7 Å². The maximum Gasteiger partial charge on any atom is 0.347 e. The molecule has 0 saturated heterocycles. The summed E-state index contributed by atoms with van der Waals surface area (Å²) in [5, 5.41) is 12.4. The number of nitrogens with zero attached hydrogens (tertiary/aromatic N) is 2. The highest BCUT2D eigenvalue weighted by Gasteiger charge is 2.20. The Hall–Kier alpha value is -1.63. The zero-order valence-corrected chi connectivity index (χ0v) is 12.4. The molecule has 2 N–H and O–H groups in total. The molecule has 0 radical (unpaired) electrons. The van der Waals surface area contributed by atoms with E-state index in [4.69, 9.17) is 5.11 Å². The topological polar surface area (TPSA) is 82.5 Å². The fourth-order valence-corrected chi connectivity index (χ4v) is 2.60. The second kappa shape index (κ2) is 6.51. The van der Waals surface area contributed by atoms with E-state index in [1.54, 1.807) is 18.7 Å². The van der Waals surface area contributed by atoms with E-state index in [0.29, 0.717) is 23.9 Å². The van der Waals surface area contributed by atoms with Crippen molar-refractivity contribution in [3.8, 4) is 0 Å². The van der Waals surface area contributed by atoms with Gasteiger partial charge in [-0.15, -0.1) is 0 Å². The maximum absolute atomic E-state index is 12.1. The Morgan fingerprint density at radius 3 is 2.42 bits per heavy atom. The summed E-state index contributed by atoms with van der Waals surface area (Å²) in [5.74, 6) is -1.01. The molecule has 0 spiro atoms. The van der Waals surface area contributed by atoms with Gasteiger partial charge in [0.05, 0.1) is 5.69 Å². The molecule has 0 aliphatic rings. The first-order valence-corrected chi connectivity index (χ1v) is 6.98. The van der Waals surface area contributed by atoms with Crippen LogP contribution in [0.5, 0.6) is 0 Å². The van der Waals surface area contributed by atoms with E-state index < -0.39 is 12.0 Å². The Morgan fingerprint density at radius 2 is 2.00 bits per heavy atom. The normalized spacial score (nSPS) is 12.0. The first-order valence-electron chi connectivity index (χ1n) is 6.16. The van der Waals surface area contributed by atoms with Gasteiger partial charge in [-0.2, -0.15) is 0 Å². The molecule has 0 aromatic carbocycles. The SMILES string of the molecule is CCN(CC)C(=O)C(C)Nc1nc(C)c(C(=O)O)s1. The van der Waals surface area contributed by atoms with Crippen molar-refractivity contribution in [1.29, 1.82) is 0 Å². The summed E-state index contributed by atoms with van der Waals surface area (Å²) in [6.45, 7) is 8.53. The van der Waals surface area contributed by atoms with Gasteiger partial charge in [-0.3, -0.25) is 4.79 Å². The largest absolute Gasteiger partial charge is 0.477 e. The highest BCUT2D eigenvalue weighted by atomic mass is 32.1. The van der Waals surface area contributed by atoms with Crippen LogP contribution in [0.25, 0.3) is 0 Å². The molecule has 1 unspecified atom stereocenters. The van der Waals surface area contributed by atoms with Gasteiger partial charge in [0.25, 0.3) is 0 Å². The van der Waals surface area contributed by atoms with Crippen LogP contribution in [0, 0.1) is 6.92 Å². The summed E-state index contributed by atoms with van der Waals surface area (Å²) in [7, 11) is 0. The molecule has 1 atom stereocenters. The monoisotopic (exact) mass is 285 g/mol. The minimum Gasteiger partial charge on any atom is -0.477 e. The van der Waals surface area contributed by atoms with E-state index in [9.17, 15) is 9.59 Å². The Kier molecular flexibility index (Phi) is 5.29. The molecule has 6 nitrogen and oxygen atoms in total. The van der Waals surface area contributed by atoms with E-state index in [2.05, 4.69) is 10.3 Å². The van der Waals surface area contributed by atoms with Crippen molar-refractivity contribution in [1.82, 2.24) is 9.88 Å². The smallest absolute Gasteiger partial charge is 0.347 e. The Morgan fingerprint density at radius 1 is 1.42 bits per heavy atom. The number of thiazole rings is 1. The van der Waals surface area contributed by atoms with Crippen LogP contribution in [0.1, 0.15) is 36.1 Å². The molecule has 0 fully saturated rings. The molecule has 0 aliphatic heterocycles. The maximum atomic E-state index is 12.1. The lowest BCUT2D eigenvalue weighted by atomic mass is 10.3. The molecule has 1 heterocycles. The number of likely N-dealkylation sites (N-methyl/N-ethyl adjacent to an activating group) is 1. The van der Waals surface area contributed by atoms with E-state index in [-0.39, 0.29) is 10.8 Å². The molecule has 1 aromatic heterocycles. The van der Waals surface area contributed by atoms with Gasteiger partial charge in [-0.1, -0.05) is 11.3 Å². The van der Waals surface area contributed by atoms with Crippen LogP contribution in [0.15, 0.2) is 0 Å². The quantitative estimate of drug-likeness (QED) is 0.833. The molecule has 0 saturated carbocycles. The van der Waals surface area contributed by atoms with Crippen molar-refractivity contribution in [3.63, 3.8) is 0 Å². The number of hydrogen-bond acceptors (Lipinski definition) is 5. The fraction of sp³-hybridized carbons (Fsp3) is 0.583. The lowest BCUT2D eigenvalue weighted by Crippen LogP contribution is -2.41. The lowest BCUT2D eigenvalue weighted by molar-refractivity contribution is -0.131. The first-order chi connectivity index (χ1) is 8.90. The van der Waals surface area contributed by atoms with Gasteiger partial charge >= 0.3 is 5.97 Å². The third kappa shape index (κ3) is 3.66. The number of hydrogen-bond donors (Lipinski definition) is 2. The predicted molar refractivity (Wildman–Crippen MR) is 74.8 cm³/mol. The predicted octanol–water partition coefficient (Wildman–Crippen LogP) is 1.82. The number of aromatic carboxylic acids is 1. The number of aryl methyl sites for hydroxylation is 1. The van der Waals surface area contributed by atoms with Crippen LogP contribution < -0.4 is 5.32 Å². The third-order valence-electron chi connectivity index (χ3n) is 2.78. The number of amides is 1. The summed E-state index contributed by atoms with van der Waals surface area (Å²) in [6, 6.07) is -0.424. The second-order valence-corrected chi connectivity index (χ2v) is 5.11. The molecule has 0 bridgehead atoms. The van der Waals surface area contributed by atoms with E-state index in [1.165, 1.54) is 0 Å². The van der Waals surface area contributed by atoms with Crippen molar-refractivity contribution in [2.45, 2.75) is 33.7 Å². The van der Waals surface area contributed by atoms with Crippen molar-refractivity contribution in [2.75, 3.05) is 18.4 Å². The van der Waals surface area contributed by atoms with Gasteiger partial charge in [-0.25, -0.2) is 9.78 Å². The van der Waals surface area contributed by atoms with Gasteiger partial charge in [0, 0.05) is 13.1 Å². The van der Waals surface area contributed by atoms with Gasteiger partial charge < -0.3 is 15.3 Å². The van der Waals surface area contributed by atoms with Crippen molar-refractivity contribution in [3.05, 3.63) is 10.6 Å². The Bertz CT molecular complexity index is 469. The highest BCUT2D eigenvalue weighted by molar-refractivity contribution is 7.17. The highest BCUT2D eigenvalue weighted by Crippen LogP contribution is 2.23. The minimum absolute atomic E-state index is 0.0188. The van der Waals surface area contributed by atoms with Crippen LogP contribution in [0.4, 0.5) is 5.13 Å².